The average Bonchev–Trinajstić information content (AvgIpc) is 3.03. The molecule has 30 heavy (non-hydrogen) atoms. The van der Waals surface area contributed by atoms with Crippen molar-refractivity contribution in [2.24, 2.45) is 0 Å². The molecule has 0 bridgehead atoms. The maximum absolute atomic E-state index is 12.4. The fourth-order valence-corrected chi connectivity index (χ4v) is 5.10. The lowest BCUT2D eigenvalue weighted by molar-refractivity contribution is -0.144. The molecule has 6 nitrogen and oxygen atoms in total. The van der Waals surface area contributed by atoms with Gasteiger partial charge in [0.25, 0.3) is 0 Å². The van der Waals surface area contributed by atoms with Crippen LogP contribution in [-0.4, -0.2) is 43.6 Å². The highest BCUT2D eigenvalue weighted by atomic mass is 35.5. The summed E-state index contributed by atoms with van der Waals surface area (Å²) >= 11 is 5.94. The van der Waals surface area contributed by atoms with E-state index in [-0.39, 0.29) is 40.6 Å². The van der Waals surface area contributed by atoms with Crippen LogP contribution in [0.15, 0.2) is 53.4 Å². The monoisotopic (exact) mass is 449 g/mol. The van der Waals surface area contributed by atoms with Crippen molar-refractivity contribution in [3.05, 3.63) is 64.7 Å². The number of carbonyl (C=O) groups is 2. The maximum atomic E-state index is 12.4. The van der Waals surface area contributed by atoms with Gasteiger partial charge in [-0.25, -0.2) is 8.42 Å². The Bertz CT molecular complexity index is 1020. The molecular weight excluding hydrogens is 426 g/mol. The Morgan fingerprint density at radius 2 is 1.87 bits per heavy atom. The lowest BCUT2D eigenvalue weighted by atomic mass is 10.1. The zero-order chi connectivity index (χ0) is 21.7. The van der Waals surface area contributed by atoms with Gasteiger partial charge in [0.2, 0.25) is 5.91 Å². The van der Waals surface area contributed by atoms with Crippen molar-refractivity contribution in [3.63, 3.8) is 0 Å². The summed E-state index contributed by atoms with van der Waals surface area (Å²) in [4.78, 5) is 26.2. The first-order valence-corrected chi connectivity index (χ1v) is 11.8. The Kier molecular flexibility index (Phi) is 7.15. The van der Waals surface area contributed by atoms with Gasteiger partial charge in [0.1, 0.15) is 6.61 Å². The van der Waals surface area contributed by atoms with Crippen LogP contribution in [0.5, 0.6) is 0 Å². The number of nitrogens with zero attached hydrogens (tertiary/aromatic N) is 1. The first-order chi connectivity index (χ1) is 14.3. The van der Waals surface area contributed by atoms with E-state index in [9.17, 15) is 18.0 Å². The van der Waals surface area contributed by atoms with Crippen molar-refractivity contribution in [3.8, 4) is 0 Å². The molecule has 3 rings (SSSR count). The van der Waals surface area contributed by atoms with Crippen molar-refractivity contribution in [1.29, 1.82) is 0 Å². The molecule has 2 aromatic carbocycles. The molecule has 1 aliphatic heterocycles. The molecule has 0 N–H and O–H groups in total. The number of ether oxygens (including phenoxy) is 1. The van der Waals surface area contributed by atoms with E-state index < -0.39 is 15.8 Å². The Morgan fingerprint density at radius 1 is 1.17 bits per heavy atom. The van der Waals surface area contributed by atoms with Crippen LogP contribution in [0.1, 0.15) is 30.4 Å². The van der Waals surface area contributed by atoms with Gasteiger partial charge in [0, 0.05) is 19.0 Å². The van der Waals surface area contributed by atoms with Gasteiger partial charge >= 0.3 is 5.97 Å². The Labute approximate surface area is 181 Å². The third-order valence-electron chi connectivity index (χ3n) is 5.12. The summed E-state index contributed by atoms with van der Waals surface area (Å²) in [6.45, 7) is 2.18. The Morgan fingerprint density at radius 3 is 2.57 bits per heavy atom. The van der Waals surface area contributed by atoms with Crippen LogP contribution in [0.25, 0.3) is 0 Å². The second kappa shape index (κ2) is 9.62. The molecule has 1 amide bonds. The van der Waals surface area contributed by atoms with Crippen LogP contribution in [0.4, 0.5) is 0 Å². The molecule has 1 saturated heterocycles. The standard InChI is InChI=1S/C22H24ClNO5S/c1-16-6-8-17(9-7-16)15-24-18(10-11-21(24)25)14-22(26)29-12-13-30(27,28)20-5-3-2-4-19(20)23/h2-9,18H,10-15H2,1H3. The summed E-state index contributed by atoms with van der Waals surface area (Å²) in [5, 5.41) is 0.139. The smallest absolute Gasteiger partial charge is 0.307 e. The number of benzene rings is 2. The van der Waals surface area contributed by atoms with Crippen molar-refractivity contribution >= 4 is 33.3 Å². The molecule has 1 heterocycles. The molecule has 0 saturated carbocycles. The fourth-order valence-electron chi connectivity index (χ4n) is 3.44. The van der Waals surface area contributed by atoms with E-state index in [4.69, 9.17) is 16.3 Å². The number of esters is 1. The number of rotatable bonds is 8. The number of amides is 1. The van der Waals surface area contributed by atoms with E-state index in [1.807, 2.05) is 31.2 Å². The summed E-state index contributed by atoms with van der Waals surface area (Å²) < 4.78 is 29.9. The minimum absolute atomic E-state index is 0.00896. The molecule has 8 heteroatoms. The second-order valence-corrected chi connectivity index (χ2v) is 9.86. The van der Waals surface area contributed by atoms with Crippen LogP contribution in [0, 0.1) is 6.92 Å². The van der Waals surface area contributed by atoms with Gasteiger partial charge < -0.3 is 9.64 Å². The van der Waals surface area contributed by atoms with E-state index in [0.29, 0.717) is 19.4 Å². The number of halogens is 1. The first-order valence-electron chi connectivity index (χ1n) is 9.74. The van der Waals surface area contributed by atoms with Crippen molar-refractivity contribution < 1.29 is 22.7 Å². The highest BCUT2D eigenvalue weighted by molar-refractivity contribution is 7.91. The van der Waals surface area contributed by atoms with E-state index in [1.165, 1.54) is 12.1 Å². The van der Waals surface area contributed by atoms with Gasteiger partial charge in [-0.2, -0.15) is 0 Å². The number of likely N-dealkylation sites (tertiary alicyclic amines) is 1. The lowest BCUT2D eigenvalue weighted by Gasteiger charge is -2.24. The molecule has 2 aromatic rings. The van der Waals surface area contributed by atoms with E-state index in [2.05, 4.69) is 0 Å². The van der Waals surface area contributed by atoms with Crippen LogP contribution >= 0.6 is 11.6 Å². The molecule has 0 aromatic heterocycles. The van der Waals surface area contributed by atoms with Crippen LogP contribution in [-0.2, 0) is 30.7 Å². The Balaban J connectivity index is 1.53. The fraction of sp³-hybridized carbons (Fsp3) is 0.364. The number of sulfone groups is 1. The summed E-state index contributed by atoms with van der Waals surface area (Å²) in [5.41, 5.74) is 2.14. The van der Waals surface area contributed by atoms with Crippen LogP contribution in [0.2, 0.25) is 5.02 Å². The van der Waals surface area contributed by atoms with Crippen LogP contribution in [0.3, 0.4) is 0 Å². The van der Waals surface area contributed by atoms with Gasteiger partial charge in [0.15, 0.2) is 9.84 Å². The molecule has 1 atom stereocenters. The molecule has 160 valence electrons. The van der Waals surface area contributed by atoms with Gasteiger partial charge in [-0.3, -0.25) is 9.59 Å². The molecule has 1 aliphatic rings. The first kappa shape index (κ1) is 22.3. The minimum Gasteiger partial charge on any atom is -0.465 e. The quantitative estimate of drug-likeness (QED) is 0.576. The van der Waals surface area contributed by atoms with Crippen LogP contribution < -0.4 is 0 Å². The number of hydrogen-bond acceptors (Lipinski definition) is 5. The molecule has 1 unspecified atom stereocenters. The summed E-state index contributed by atoms with van der Waals surface area (Å²) in [5.74, 6) is -0.855. The zero-order valence-corrected chi connectivity index (χ0v) is 18.3. The third kappa shape index (κ3) is 5.61. The van der Waals surface area contributed by atoms with Gasteiger partial charge in [-0.15, -0.1) is 0 Å². The van der Waals surface area contributed by atoms with Crippen molar-refractivity contribution in [2.75, 3.05) is 12.4 Å². The Hall–Kier alpha value is -2.38. The van der Waals surface area contributed by atoms with Gasteiger partial charge in [0.05, 0.1) is 22.1 Å². The van der Waals surface area contributed by atoms with Crippen molar-refractivity contribution in [1.82, 2.24) is 4.90 Å². The molecule has 1 fully saturated rings. The normalized spacial score (nSPS) is 16.7. The zero-order valence-electron chi connectivity index (χ0n) is 16.7. The van der Waals surface area contributed by atoms with Crippen molar-refractivity contribution in [2.45, 2.75) is 43.7 Å². The largest absolute Gasteiger partial charge is 0.465 e. The molecule has 0 spiro atoms. The summed E-state index contributed by atoms with van der Waals surface area (Å²) in [7, 11) is -3.65. The number of aryl methyl sites for hydroxylation is 1. The van der Waals surface area contributed by atoms with Gasteiger partial charge in [-0.05, 0) is 31.0 Å². The van der Waals surface area contributed by atoms with E-state index >= 15 is 0 Å². The molecule has 0 aliphatic carbocycles. The summed E-state index contributed by atoms with van der Waals surface area (Å²) in [6.07, 6.45) is 1.02. The number of hydrogen-bond donors (Lipinski definition) is 0. The van der Waals surface area contributed by atoms with E-state index in [0.717, 1.165) is 11.1 Å². The second-order valence-electron chi connectivity index (χ2n) is 7.37. The molecular formula is C22H24ClNO5S. The minimum atomic E-state index is -3.65. The summed E-state index contributed by atoms with van der Waals surface area (Å²) in [6, 6.07) is 13.8. The predicted octanol–water partition coefficient (Wildman–Crippen LogP) is 3.55. The topological polar surface area (TPSA) is 80.8 Å². The highest BCUT2D eigenvalue weighted by Gasteiger charge is 2.33. The maximum Gasteiger partial charge on any atom is 0.307 e. The highest BCUT2D eigenvalue weighted by Crippen LogP contribution is 2.25. The average molecular weight is 450 g/mol. The SMILES string of the molecule is Cc1ccc(CN2C(=O)CCC2CC(=O)OCCS(=O)(=O)c2ccccc2Cl)cc1. The lowest BCUT2D eigenvalue weighted by Crippen LogP contribution is -2.34. The van der Waals surface area contributed by atoms with Gasteiger partial charge in [-0.1, -0.05) is 53.6 Å². The van der Waals surface area contributed by atoms with E-state index in [1.54, 1.807) is 17.0 Å². The number of carbonyl (C=O) groups excluding carboxylic acids is 2. The predicted molar refractivity (Wildman–Crippen MR) is 114 cm³/mol. The third-order valence-corrected chi connectivity index (χ3v) is 7.29. The molecule has 0 radical (unpaired) electrons.